The molecule has 1 aromatic rings. The molecule has 0 aliphatic carbocycles. The number of amides is 1. The summed E-state index contributed by atoms with van der Waals surface area (Å²) in [5.74, 6) is -2.90. The predicted molar refractivity (Wildman–Crippen MR) is 86.2 cm³/mol. The van der Waals surface area contributed by atoms with E-state index < -0.39 is 30.4 Å². The smallest absolute Gasteiger partial charge is 0.333 e. The highest BCUT2D eigenvalue weighted by Crippen LogP contribution is 2.32. The van der Waals surface area contributed by atoms with Crippen LogP contribution in [0.5, 0.6) is 0 Å². The number of anilines is 1. The van der Waals surface area contributed by atoms with Crippen molar-refractivity contribution in [1.82, 2.24) is 10.3 Å². The fourth-order valence-corrected chi connectivity index (χ4v) is 2.61. The van der Waals surface area contributed by atoms with Gasteiger partial charge in [-0.05, 0) is 25.5 Å². The van der Waals surface area contributed by atoms with Crippen LogP contribution in [0.4, 0.5) is 5.69 Å². The van der Waals surface area contributed by atoms with Crippen LogP contribution >= 0.6 is 0 Å². The van der Waals surface area contributed by atoms with Crippen LogP contribution in [-0.4, -0.2) is 52.2 Å². The van der Waals surface area contributed by atoms with Crippen LogP contribution in [0.15, 0.2) is 36.0 Å². The fourth-order valence-electron chi connectivity index (χ4n) is 2.61. The lowest BCUT2D eigenvalue weighted by molar-refractivity contribution is -0.140. The van der Waals surface area contributed by atoms with Crippen molar-refractivity contribution in [3.63, 3.8) is 0 Å². The molecular weight excluding hydrogens is 314 g/mol. The molecule has 0 aromatic heterocycles. The number of nitrogens with one attached hydrogen (secondary N) is 1. The monoisotopic (exact) mass is 333 g/mol. The van der Waals surface area contributed by atoms with Crippen LogP contribution in [0.25, 0.3) is 0 Å². The van der Waals surface area contributed by atoms with Gasteiger partial charge in [-0.1, -0.05) is 18.2 Å². The van der Waals surface area contributed by atoms with Gasteiger partial charge in [0.2, 0.25) is 0 Å². The minimum atomic E-state index is -1.29. The first-order valence-electron chi connectivity index (χ1n) is 7.42. The molecule has 1 unspecified atom stereocenters. The van der Waals surface area contributed by atoms with Gasteiger partial charge in [-0.3, -0.25) is 19.6 Å². The molecule has 2 rings (SSSR count). The van der Waals surface area contributed by atoms with Gasteiger partial charge in [0.05, 0.1) is 11.3 Å². The van der Waals surface area contributed by atoms with Crippen molar-refractivity contribution in [3.8, 4) is 0 Å². The molecule has 1 heterocycles. The van der Waals surface area contributed by atoms with E-state index in [2.05, 4.69) is 5.32 Å². The van der Waals surface area contributed by atoms with Gasteiger partial charge in [0, 0.05) is 12.7 Å². The first-order valence-corrected chi connectivity index (χ1v) is 7.42. The van der Waals surface area contributed by atoms with Crippen LogP contribution in [-0.2, 0) is 14.4 Å². The summed E-state index contributed by atoms with van der Waals surface area (Å²) in [6.45, 7) is 3.39. The second-order valence-corrected chi connectivity index (χ2v) is 5.31. The van der Waals surface area contributed by atoms with Gasteiger partial charge in [0.15, 0.2) is 6.04 Å². The molecule has 3 N–H and O–H groups in total. The second kappa shape index (κ2) is 7.03. The highest BCUT2D eigenvalue weighted by molar-refractivity contribution is 6.03. The number of rotatable bonds is 6. The van der Waals surface area contributed by atoms with E-state index in [0.717, 1.165) is 5.56 Å². The number of likely N-dealkylation sites (N-methyl/N-ethyl adjacent to an activating group) is 1. The Morgan fingerprint density at radius 2 is 1.88 bits per heavy atom. The number of hydrazine groups is 1. The number of para-hydroxylation sites is 1. The van der Waals surface area contributed by atoms with Gasteiger partial charge in [0.25, 0.3) is 5.91 Å². The molecule has 8 nitrogen and oxygen atoms in total. The van der Waals surface area contributed by atoms with Crippen LogP contribution in [0.2, 0.25) is 0 Å². The number of nitrogens with zero attached hydrogens (tertiary/aromatic N) is 2. The maximum Gasteiger partial charge on any atom is 0.333 e. The molecule has 0 fully saturated rings. The van der Waals surface area contributed by atoms with E-state index in [1.807, 2.05) is 0 Å². The van der Waals surface area contributed by atoms with Crippen molar-refractivity contribution in [3.05, 3.63) is 41.6 Å². The van der Waals surface area contributed by atoms with E-state index >= 15 is 0 Å². The lowest BCUT2D eigenvalue weighted by Gasteiger charge is -2.34. The summed E-state index contributed by atoms with van der Waals surface area (Å²) in [7, 11) is 0. The maximum absolute atomic E-state index is 12.2. The Labute approximate surface area is 138 Å². The molecule has 0 bridgehead atoms. The van der Waals surface area contributed by atoms with Crippen LogP contribution in [0.1, 0.15) is 12.5 Å². The quantitative estimate of drug-likeness (QED) is 0.699. The van der Waals surface area contributed by atoms with Crippen molar-refractivity contribution < 1.29 is 24.6 Å². The highest BCUT2D eigenvalue weighted by atomic mass is 16.4. The normalized spacial score (nSPS) is 16.8. The summed E-state index contributed by atoms with van der Waals surface area (Å²) in [5.41, 5.74) is 1.29. The molecule has 0 saturated carbocycles. The van der Waals surface area contributed by atoms with E-state index in [9.17, 15) is 19.5 Å². The van der Waals surface area contributed by atoms with Crippen molar-refractivity contribution in [2.24, 2.45) is 0 Å². The average molecular weight is 333 g/mol. The zero-order valence-electron chi connectivity index (χ0n) is 13.4. The Morgan fingerprint density at radius 1 is 1.21 bits per heavy atom. The van der Waals surface area contributed by atoms with Crippen LogP contribution in [0.3, 0.4) is 0 Å². The maximum atomic E-state index is 12.2. The largest absolute Gasteiger partial charge is 0.480 e. The van der Waals surface area contributed by atoms with Crippen molar-refractivity contribution in [2.75, 3.05) is 18.1 Å². The van der Waals surface area contributed by atoms with E-state index in [0.29, 0.717) is 12.2 Å². The Balaban J connectivity index is 2.52. The lowest BCUT2D eigenvalue weighted by Crippen LogP contribution is -2.49. The van der Waals surface area contributed by atoms with Gasteiger partial charge in [-0.15, -0.1) is 0 Å². The number of aliphatic carboxylic acids is 2. The Hall–Kier alpha value is -3.03. The highest BCUT2D eigenvalue weighted by Gasteiger charge is 2.42. The number of hydrogen-bond donors (Lipinski definition) is 3. The molecule has 0 saturated heterocycles. The molecule has 8 heteroatoms. The molecule has 0 radical (unpaired) electrons. The summed E-state index contributed by atoms with van der Waals surface area (Å²) in [6, 6.07) is 5.71. The molecule has 1 aromatic carbocycles. The second-order valence-electron chi connectivity index (χ2n) is 5.31. The third-order valence-corrected chi connectivity index (χ3v) is 3.60. The first-order chi connectivity index (χ1) is 11.4. The molecule has 1 aliphatic heterocycles. The molecule has 128 valence electrons. The number of carbonyl (C=O) groups excluding carboxylic acids is 1. The fraction of sp³-hybridized carbons (Fsp3) is 0.312. The third-order valence-electron chi connectivity index (χ3n) is 3.60. The Kier molecular flexibility index (Phi) is 5.08. The van der Waals surface area contributed by atoms with E-state index in [-0.39, 0.29) is 5.57 Å². The number of benzene rings is 1. The van der Waals surface area contributed by atoms with Crippen molar-refractivity contribution >= 4 is 23.5 Å². The molecular formula is C16H19N3O5. The topological polar surface area (TPSA) is 110 Å². The predicted octanol–water partition coefficient (Wildman–Crippen LogP) is 0.590. The molecule has 1 aliphatic rings. The van der Waals surface area contributed by atoms with Crippen molar-refractivity contribution in [2.45, 2.75) is 19.9 Å². The molecule has 24 heavy (non-hydrogen) atoms. The first kappa shape index (κ1) is 17.3. The lowest BCUT2D eigenvalue weighted by atomic mass is 10.1. The van der Waals surface area contributed by atoms with Crippen LogP contribution < -0.4 is 10.3 Å². The van der Waals surface area contributed by atoms with Crippen LogP contribution in [0, 0.1) is 6.92 Å². The zero-order valence-corrected chi connectivity index (χ0v) is 13.4. The summed E-state index contributed by atoms with van der Waals surface area (Å²) < 4.78 is 0. The molecule has 0 spiro atoms. The number of carboxylic acid groups (broad SMARTS) is 2. The SMILES string of the molecule is CCNC(=O)C1=CN(CC(=O)O)N(c2ccccc2C)C1C(=O)O. The van der Waals surface area contributed by atoms with E-state index in [1.165, 1.54) is 16.2 Å². The Morgan fingerprint density at radius 3 is 2.42 bits per heavy atom. The standard InChI is InChI=1S/C16H19N3O5/c1-3-17-15(22)11-8-18(9-13(20)21)19(14(11)16(23)24)12-7-5-4-6-10(12)2/h4-8,14H,3,9H2,1-2H3,(H,17,22)(H,20,21)(H,23,24). The summed E-state index contributed by atoms with van der Waals surface area (Å²) in [4.78, 5) is 35.2. The number of aryl methyl sites for hydroxylation is 1. The van der Waals surface area contributed by atoms with Gasteiger partial charge in [-0.2, -0.15) is 0 Å². The van der Waals surface area contributed by atoms with Gasteiger partial charge in [-0.25, -0.2) is 4.79 Å². The number of hydrogen-bond acceptors (Lipinski definition) is 5. The van der Waals surface area contributed by atoms with Gasteiger partial charge >= 0.3 is 11.9 Å². The minimum Gasteiger partial charge on any atom is -0.480 e. The zero-order chi connectivity index (χ0) is 17.9. The summed E-state index contributed by atoms with van der Waals surface area (Å²) in [6.07, 6.45) is 1.28. The molecule has 1 amide bonds. The Bertz CT molecular complexity index is 701. The molecule has 1 atom stereocenters. The minimum absolute atomic E-state index is 0.00569. The number of carbonyl (C=O) groups is 3. The summed E-state index contributed by atoms with van der Waals surface area (Å²) >= 11 is 0. The van der Waals surface area contributed by atoms with E-state index in [4.69, 9.17) is 5.11 Å². The van der Waals surface area contributed by atoms with Gasteiger partial charge < -0.3 is 15.5 Å². The summed E-state index contributed by atoms with van der Waals surface area (Å²) in [5, 5.41) is 23.9. The average Bonchev–Trinajstić information content (AvgIpc) is 2.86. The van der Waals surface area contributed by atoms with Crippen molar-refractivity contribution in [1.29, 1.82) is 0 Å². The van der Waals surface area contributed by atoms with Gasteiger partial charge in [0.1, 0.15) is 6.54 Å². The third kappa shape index (κ3) is 3.32. The number of carboxylic acids is 2. The van der Waals surface area contributed by atoms with E-state index in [1.54, 1.807) is 38.1 Å².